The zero-order valence-corrected chi connectivity index (χ0v) is 23.2. The number of hydrogen-bond acceptors (Lipinski definition) is 4. The second-order valence-corrected chi connectivity index (χ2v) is 12.0. The minimum absolute atomic E-state index is 0.0488. The van der Waals surface area contributed by atoms with E-state index in [1.807, 2.05) is 59.8 Å². The quantitative estimate of drug-likeness (QED) is 0.357. The molecule has 0 radical (unpaired) electrons. The van der Waals surface area contributed by atoms with E-state index in [0.29, 0.717) is 10.6 Å². The molecule has 1 aliphatic rings. The molecule has 0 bridgehead atoms. The number of carboxylic acids is 1. The number of carbonyl (C=O) groups is 2. The van der Waals surface area contributed by atoms with Crippen molar-refractivity contribution in [1.29, 1.82) is 0 Å². The van der Waals surface area contributed by atoms with Crippen LogP contribution in [0.25, 0.3) is 0 Å². The molecule has 2 aromatic rings. The number of ether oxygens (including phenoxy) is 1. The van der Waals surface area contributed by atoms with Gasteiger partial charge in [0.1, 0.15) is 11.9 Å². The number of halogens is 3. The van der Waals surface area contributed by atoms with Crippen LogP contribution in [-0.4, -0.2) is 23.5 Å². The van der Waals surface area contributed by atoms with Crippen LogP contribution in [0.5, 0.6) is 0 Å². The maximum absolute atomic E-state index is 13.1. The molecule has 0 saturated heterocycles. The van der Waals surface area contributed by atoms with Gasteiger partial charge in [-0.25, -0.2) is 0 Å². The first-order valence-electron chi connectivity index (χ1n) is 12.4. The van der Waals surface area contributed by atoms with E-state index >= 15 is 0 Å². The molecule has 1 aliphatic carbocycles. The normalized spacial score (nSPS) is 20.8. The second-order valence-electron chi connectivity index (χ2n) is 10.9. The molecule has 3 atom stereocenters. The molecule has 1 heterocycles. The van der Waals surface area contributed by atoms with Crippen molar-refractivity contribution in [2.24, 2.45) is 11.3 Å². The molecule has 0 spiro atoms. The van der Waals surface area contributed by atoms with Gasteiger partial charge in [-0.3, -0.25) is 9.59 Å². The van der Waals surface area contributed by atoms with Gasteiger partial charge in [0.15, 0.2) is 0 Å². The summed E-state index contributed by atoms with van der Waals surface area (Å²) in [5, 5.41) is 11.4. The van der Waals surface area contributed by atoms with Crippen LogP contribution in [-0.2, 0) is 21.1 Å². The fourth-order valence-corrected chi connectivity index (χ4v) is 5.74. The highest BCUT2D eigenvalue weighted by atomic mass is 32.1. The summed E-state index contributed by atoms with van der Waals surface area (Å²) >= 11 is 1.30. The van der Waals surface area contributed by atoms with E-state index in [-0.39, 0.29) is 36.3 Å². The van der Waals surface area contributed by atoms with Crippen LogP contribution in [0, 0.1) is 11.3 Å². The van der Waals surface area contributed by atoms with Gasteiger partial charge in [-0.15, -0.1) is 11.3 Å². The number of aliphatic carboxylic acids is 1. The van der Waals surface area contributed by atoms with Crippen molar-refractivity contribution in [3.8, 4) is 0 Å². The van der Waals surface area contributed by atoms with E-state index in [1.165, 1.54) is 11.3 Å². The number of alkyl halides is 3. The number of benzene rings is 1. The van der Waals surface area contributed by atoms with Gasteiger partial charge in [-0.1, -0.05) is 52.3 Å². The number of allylic oxidation sites excluding steroid dienone is 3. The average molecular weight is 550 g/mol. The summed E-state index contributed by atoms with van der Waals surface area (Å²) in [4.78, 5) is 24.5. The number of amides is 1. The van der Waals surface area contributed by atoms with Gasteiger partial charge in [0, 0.05) is 22.3 Å². The van der Waals surface area contributed by atoms with E-state index in [2.05, 4.69) is 5.32 Å². The van der Waals surface area contributed by atoms with Crippen LogP contribution in [0.3, 0.4) is 0 Å². The summed E-state index contributed by atoms with van der Waals surface area (Å²) in [6.07, 6.45) is -0.973. The van der Waals surface area contributed by atoms with Crippen molar-refractivity contribution in [1.82, 2.24) is 5.32 Å². The fourth-order valence-electron chi connectivity index (χ4n) is 4.54. The average Bonchev–Trinajstić information content (AvgIpc) is 3.29. The Morgan fingerprint density at radius 3 is 2.29 bits per heavy atom. The van der Waals surface area contributed by atoms with Crippen molar-refractivity contribution in [3.05, 3.63) is 80.8 Å². The Balaban J connectivity index is 1.82. The molecule has 1 aromatic heterocycles. The molecular formula is C29H34F3NO4S. The Labute approximate surface area is 225 Å². The first-order chi connectivity index (χ1) is 17.5. The van der Waals surface area contributed by atoms with Crippen LogP contribution in [0.2, 0.25) is 0 Å². The molecule has 38 heavy (non-hydrogen) atoms. The standard InChI is InChI=1S/C29H34F3NO4S/c1-17-15-21(16-18(2)28(17,6)19-7-9-20(10-8-19)29(30,31)32)37-25(27(3,4)5)22-11-12-23(38-22)26(36)33-14-13-24(34)35/h7-12,15-17,25H,13-14H2,1-6H3,(H,33,36)(H,34,35). The Kier molecular flexibility index (Phi) is 8.51. The third kappa shape index (κ3) is 6.49. The first-order valence-corrected chi connectivity index (χ1v) is 13.2. The zero-order valence-electron chi connectivity index (χ0n) is 22.4. The molecule has 0 fully saturated rings. The van der Waals surface area contributed by atoms with Gasteiger partial charge in [0.05, 0.1) is 16.9 Å². The SMILES string of the molecule is CC1=CC(OC(c2ccc(C(=O)NCCC(=O)O)s2)C(C)(C)C)=CC(C)C1(C)c1ccc(C(F)(F)F)cc1. The fraction of sp³-hybridized carbons (Fsp3) is 0.448. The van der Waals surface area contributed by atoms with Crippen LogP contribution >= 0.6 is 11.3 Å². The summed E-state index contributed by atoms with van der Waals surface area (Å²) in [5.41, 5.74) is 0.277. The number of rotatable bonds is 8. The zero-order chi connectivity index (χ0) is 28.5. The highest BCUT2D eigenvalue weighted by molar-refractivity contribution is 7.14. The smallest absolute Gasteiger partial charge is 0.416 e. The van der Waals surface area contributed by atoms with Gasteiger partial charge >= 0.3 is 12.1 Å². The lowest BCUT2D eigenvalue weighted by atomic mass is 9.65. The number of carbonyl (C=O) groups excluding carboxylic acids is 1. The van der Waals surface area contributed by atoms with Crippen molar-refractivity contribution < 1.29 is 32.6 Å². The topological polar surface area (TPSA) is 75.6 Å². The van der Waals surface area contributed by atoms with Crippen LogP contribution < -0.4 is 5.32 Å². The third-order valence-electron chi connectivity index (χ3n) is 7.09. The minimum atomic E-state index is -4.38. The van der Waals surface area contributed by atoms with E-state index in [1.54, 1.807) is 18.2 Å². The molecule has 0 aliphatic heterocycles. The van der Waals surface area contributed by atoms with Gasteiger partial charge < -0.3 is 15.2 Å². The number of carboxylic acid groups (broad SMARTS) is 1. The summed E-state index contributed by atoms with van der Waals surface area (Å²) in [5.74, 6) is -0.700. The highest BCUT2D eigenvalue weighted by Gasteiger charge is 2.39. The lowest BCUT2D eigenvalue weighted by molar-refractivity contribution is -0.138. The minimum Gasteiger partial charge on any atom is -0.485 e. The van der Waals surface area contributed by atoms with Gasteiger partial charge in [-0.2, -0.15) is 13.2 Å². The molecule has 3 unspecified atom stereocenters. The van der Waals surface area contributed by atoms with Crippen molar-refractivity contribution >= 4 is 23.2 Å². The van der Waals surface area contributed by atoms with E-state index < -0.39 is 23.1 Å². The van der Waals surface area contributed by atoms with E-state index in [9.17, 15) is 22.8 Å². The van der Waals surface area contributed by atoms with Gasteiger partial charge in [0.2, 0.25) is 0 Å². The third-order valence-corrected chi connectivity index (χ3v) is 8.22. The predicted molar refractivity (Wildman–Crippen MR) is 142 cm³/mol. The number of nitrogens with one attached hydrogen (secondary N) is 1. The summed E-state index contributed by atoms with van der Waals surface area (Å²) in [7, 11) is 0. The van der Waals surface area contributed by atoms with E-state index in [4.69, 9.17) is 9.84 Å². The van der Waals surface area contributed by atoms with E-state index in [0.717, 1.165) is 28.1 Å². The highest BCUT2D eigenvalue weighted by Crippen LogP contribution is 2.47. The van der Waals surface area contributed by atoms with Crippen LogP contribution in [0.15, 0.2) is 59.9 Å². The largest absolute Gasteiger partial charge is 0.485 e. The Morgan fingerprint density at radius 1 is 1.13 bits per heavy atom. The molecule has 5 nitrogen and oxygen atoms in total. The molecule has 2 N–H and O–H groups in total. The summed E-state index contributed by atoms with van der Waals surface area (Å²) in [6.45, 7) is 12.2. The predicted octanol–water partition coefficient (Wildman–Crippen LogP) is 7.51. The molecular weight excluding hydrogens is 515 g/mol. The lowest BCUT2D eigenvalue weighted by Crippen LogP contribution is -2.33. The molecule has 3 rings (SSSR count). The molecule has 9 heteroatoms. The Bertz CT molecular complexity index is 1240. The van der Waals surface area contributed by atoms with Crippen LogP contribution in [0.1, 0.15) is 79.7 Å². The van der Waals surface area contributed by atoms with Crippen molar-refractivity contribution in [2.45, 2.75) is 65.7 Å². The maximum Gasteiger partial charge on any atom is 0.416 e. The monoisotopic (exact) mass is 549 g/mol. The summed E-state index contributed by atoms with van der Waals surface area (Å²) in [6, 6.07) is 8.89. The Hall–Kier alpha value is -3.07. The lowest BCUT2D eigenvalue weighted by Gasteiger charge is -2.40. The molecule has 206 valence electrons. The molecule has 1 amide bonds. The number of thiophene rings is 1. The van der Waals surface area contributed by atoms with Crippen LogP contribution in [0.4, 0.5) is 13.2 Å². The van der Waals surface area contributed by atoms with Gasteiger partial charge in [-0.05, 0) is 54.8 Å². The Morgan fingerprint density at radius 2 is 1.76 bits per heavy atom. The first kappa shape index (κ1) is 29.5. The van der Waals surface area contributed by atoms with Gasteiger partial charge in [0.25, 0.3) is 5.91 Å². The molecule has 1 aromatic carbocycles. The maximum atomic E-state index is 13.1. The van der Waals surface area contributed by atoms with Crippen molar-refractivity contribution in [2.75, 3.05) is 6.54 Å². The number of hydrogen-bond donors (Lipinski definition) is 2. The molecule has 0 saturated carbocycles. The second kappa shape index (κ2) is 11.0. The summed E-state index contributed by atoms with van der Waals surface area (Å²) < 4.78 is 45.7. The van der Waals surface area contributed by atoms with Crippen molar-refractivity contribution in [3.63, 3.8) is 0 Å².